The van der Waals surface area contributed by atoms with Crippen molar-refractivity contribution in [3.63, 3.8) is 0 Å². The molecular weight excluding hydrogens is 322 g/mol. The fourth-order valence-electron chi connectivity index (χ4n) is 3.55. The van der Waals surface area contributed by atoms with Gasteiger partial charge in [-0.3, -0.25) is 0 Å². The van der Waals surface area contributed by atoms with E-state index in [4.69, 9.17) is 0 Å². The van der Waals surface area contributed by atoms with E-state index in [2.05, 4.69) is 33.9 Å². The van der Waals surface area contributed by atoms with Crippen LogP contribution in [0.5, 0.6) is 0 Å². The number of hydrogen-bond donors (Lipinski definition) is 1. The van der Waals surface area contributed by atoms with E-state index in [1.807, 2.05) is 16.5 Å². The van der Waals surface area contributed by atoms with Crippen LogP contribution in [-0.2, 0) is 0 Å². The normalized spacial score (nSPS) is 22.9. The zero-order valence-corrected chi connectivity index (χ0v) is 15.6. The molecule has 6 nitrogen and oxygen atoms in total. The highest BCUT2D eigenvalue weighted by atomic mass is 32.1. The number of carbonyl (C=O) groups excluding carboxylic acids is 1. The lowest BCUT2D eigenvalue weighted by atomic mass is 9.97. The summed E-state index contributed by atoms with van der Waals surface area (Å²) in [5, 5.41) is 6.22. The van der Waals surface area contributed by atoms with Gasteiger partial charge in [0.25, 0.3) is 0 Å². The Morgan fingerprint density at radius 1 is 1.33 bits per heavy atom. The maximum absolute atomic E-state index is 12.4. The van der Waals surface area contributed by atoms with E-state index in [1.54, 1.807) is 11.3 Å². The highest BCUT2D eigenvalue weighted by Crippen LogP contribution is 2.19. The summed E-state index contributed by atoms with van der Waals surface area (Å²) in [5.74, 6) is 0.585. The Morgan fingerprint density at radius 2 is 2.12 bits per heavy atom. The highest BCUT2D eigenvalue weighted by molar-refractivity contribution is 7.13. The molecule has 2 amide bonds. The molecule has 1 atom stereocenters. The van der Waals surface area contributed by atoms with Gasteiger partial charge >= 0.3 is 6.03 Å². The van der Waals surface area contributed by atoms with Crippen molar-refractivity contribution in [3.8, 4) is 0 Å². The Morgan fingerprint density at radius 3 is 2.79 bits per heavy atom. The summed E-state index contributed by atoms with van der Waals surface area (Å²) < 4.78 is 0. The Balaban J connectivity index is 1.40. The van der Waals surface area contributed by atoms with Crippen molar-refractivity contribution in [2.45, 2.75) is 32.7 Å². The van der Waals surface area contributed by atoms with Crippen molar-refractivity contribution in [1.29, 1.82) is 0 Å². The predicted octanol–water partition coefficient (Wildman–Crippen LogP) is 2.10. The van der Waals surface area contributed by atoms with Crippen LogP contribution in [0.15, 0.2) is 11.6 Å². The molecule has 1 N–H and O–H groups in total. The first-order valence-corrected chi connectivity index (χ1v) is 9.92. The third-order valence-corrected chi connectivity index (χ3v) is 5.91. The quantitative estimate of drug-likeness (QED) is 0.902. The van der Waals surface area contributed by atoms with Crippen LogP contribution >= 0.6 is 11.3 Å². The van der Waals surface area contributed by atoms with Crippen molar-refractivity contribution < 1.29 is 4.79 Å². The van der Waals surface area contributed by atoms with Gasteiger partial charge in [-0.1, -0.05) is 0 Å². The molecule has 7 heteroatoms. The zero-order valence-electron chi connectivity index (χ0n) is 14.8. The molecule has 0 aliphatic carbocycles. The smallest absolute Gasteiger partial charge is 0.317 e. The number of amides is 2. The molecule has 1 aromatic heterocycles. The molecule has 2 aliphatic rings. The number of carbonyl (C=O) groups is 1. The summed E-state index contributed by atoms with van der Waals surface area (Å²) in [6.07, 6.45) is 4.30. The third kappa shape index (κ3) is 4.39. The lowest BCUT2D eigenvalue weighted by Gasteiger charge is -2.37. The van der Waals surface area contributed by atoms with Gasteiger partial charge in [-0.05, 0) is 39.2 Å². The Labute approximate surface area is 148 Å². The van der Waals surface area contributed by atoms with Crippen molar-refractivity contribution >= 4 is 22.5 Å². The van der Waals surface area contributed by atoms with E-state index < -0.39 is 0 Å². The van der Waals surface area contributed by atoms with E-state index >= 15 is 0 Å². The number of anilines is 1. The molecule has 0 bridgehead atoms. The number of likely N-dealkylation sites (tertiary alicyclic amines) is 1. The Kier molecular flexibility index (Phi) is 5.94. The maximum atomic E-state index is 12.4. The van der Waals surface area contributed by atoms with Crippen molar-refractivity contribution in [2.75, 3.05) is 50.7 Å². The largest absolute Gasteiger partial charge is 0.345 e. The van der Waals surface area contributed by atoms with E-state index in [1.165, 1.54) is 19.4 Å². The number of hydrogen-bond acceptors (Lipinski definition) is 5. The lowest BCUT2D eigenvalue weighted by Crippen LogP contribution is -2.53. The van der Waals surface area contributed by atoms with Gasteiger partial charge in [0.05, 0.1) is 0 Å². The van der Waals surface area contributed by atoms with Crippen LogP contribution in [-0.4, -0.2) is 72.7 Å². The van der Waals surface area contributed by atoms with Crippen LogP contribution in [0.3, 0.4) is 0 Å². The standard InChI is InChI=1S/C17H29N5OS/c1-14(2)22-6-3-4-15(13-22)12-19-16(23)20-7-9-21(10-8-20)17-18-5-11-24-17/h5,11,14-15H,3-4,6-10,12-13H2,1-2H3,(H,19,23). The summed E-state index contributed by atoms with van der Waals surface area (Å²) >= 11 is 1.66. The third-order valence-electron chi connectivity index (χ3n) is 5.08. The van der Waals surface area contributed by atoms with Crippen LogP contribution in [0.25, 0.3) is 0 Å². The van der Waals surface area contributed by atoms with E-state index in [0.717, 1.165) is 44.4 Å². The second kappa shape index (κ2) is 8.16. The molecule has 3 rings (SSSR count). The number of aromatic nitrogens is 1. The minimum Gasteiger partial charge on any atom is -0.345 e. The molecule has 2 saturated heterocycles. The van der Waals surface area contributed by atoms with Crippen LogP contribution < -0.4 is 10.2 Å². The average molecular weight is 352 g/mol. The number of rotatable bonds is 4. The van der Waals surface area contributed by atoms with Crippen molar-refractivity contribution in [2.24, 2.45) is 5.92 Å². The van der Waals surface area contributed by atoms with Gasteiger partial charge in [0.1, 0.15) is 0 Å². The molecule has 0 spiro atoms. The van der Waals surface area contributed by atoms with Crippen LogP contribution in [0.4, 0.5) is 9.93 Å². The highest BCUT2D eigenvalue weighted by Gasteiger charge is 2.25. The van der Waals surface area contributed by atoms with Gasteiger partial charge in [0.15, 0.2) is 5.13 Å². The van der Waals surface area contributed by atoms with Gasteiger partial charge in [0.2, 0.25) is 0 Å². The topological polar surface area (TPSA) is 51.7 Å². The Hall–Kier alpha value is -1.34. The summed E-state index contributed by atoms with van der Waals surface area (Å²) in [6, 6.07) is 0.692. The maximum Gasteiger partial charge on any atom is 0.317 e. The van der Waals surface area contributed by atoms with Gasteiger partial charge in [-0.2, -0.15) is 0 Å². The average Bonchev–Trinajstić information content (AvgIpc) is 3.14. The van der Waals surface area contributed by atoms with Crippen LogP contribution in [0.2, 0.25) is 0 Å². The number of nitrogens with one attached hydrogen (secondary N) is 1. The fourth-order valence-corrected chi connectivity index (χ4v) is 4.25. The van der Waals surface area contributed by atoms with Gasteiger partial charge < -0.3 is 20.0 Å². The first-order valence-electron chi connectivity index (χ1n) is 9.04. The van der Waals surface area contributed by atoms with Gasteiger partial charge in [-0.25, -0.2) is 9.78 Å². The molecule has 1 unspecified atom stereocenters. The number of urea groups is 1. The molecule has 0 saturated carbocycles. The minimum absolute atomic E-state index is 0.0930. The summed E-state index contributed by atoms with van der Waals surface area (Å²) in [5.41, 5.74) is 0. The molecule has 2 fully saturated rings. The van der Waals surface area contributed by atoms with Crippen molar-refractivity contribution in [1.82, 2.24) is 20.1 Å². The fraction of sp³-hybridized carbons (Fsp3) is 0.765. The SMILES string of the molecule is CC(C)N1CCCC(CNC(=O)N2CCN(c3nccs3)CC2)C1. The lowest BCUT2D eigenvalue weighted by molar-refractivity contribution is 0.136. The summed E-state index contributed by atoms with van der Waals surface area (Å²) in [7, 11) is 0. The summed E-state index contributed by atoms with van der Waals surface area (Å²) in [6.45, 7) is 10.9. The van der Waals surface area contributed by atoms with E-state index in [0.29, 0.717) is 12.0 Å². The van der Waals surface area contributed by atoms with Crippen molar-refractivity contribution in [3.05, 3.63) is 11.6 Å². The molecule has 24 heavy (non-hydrogen) atoms. The zero-order chi connectivity index (χ0) is 16.9. The van der Waals surface area contributed by atoms with Crippen LogP contribution in [0, 0.1) is 5.92 Å². The van der Waals surface area contributed by atoms with Crippen LogP contribution in [0.1, 0.15) is 26.7 Å². The molecule has 1 aromatic rings. The monoisotopic (exact) mass is 351 g/mol. The number of piperazine rings is 1. The van der Waals surface area contributed by atoms with E-state index in [9.17, 15) is 4.79 Å². The first kappa shape index (κ1) is 17.5. The molecule has 2 aliphatic heterocycles. The van der Waals surface area contributed by atoms with Gasteiger partial charge in [-0.15, -0.1) is 11.3 Å². The minimum atomic E-state index is 0.0930. The van der Waals surface area contributed by atoms with Gasteiger partial charge in [0, 0.05) is 56.9 Å². The molecule has 3 heterocycles. The predicted molar refractivity (Wildman–Crippen MR) is 98.7 cm³/mol. The number of nitrogens with zero attached hydrogens (tertiary/aromatic N) is 4. The number of thiazole rings is 1. The molecule has 134 valence electrons. The molecule has 0 radical (unpaired) electrons. The number of piperidine rings is 1. The van der Waals surface area contributed by atoms with E-state index in [-0.39, 0.29) is 6.03 Å². The second-order valence-corrected chi connectivity index (χ2v) is 7.94. The first-order chi connectivity index (χ1) is 11.6. The molecular formula is C17H29N5OS. The second-order valence-electron chi connectivity index (χ2n) is 7.07. The molecule has 0 aromatic carbocycles. The Bertz CT molecular complexity index is 513. The summed E-state index contributed by atoms with van der Waals surface area (Å²) in [4.78, 5) is 23.5.